The van der Waals surface area contributed by atoms with Gasteiger partial charge in [0.05, 0.1) is 17.3 Å². The number of halogens is 1. The van der Waals surface area contributed by atoms with Gasteiger partial charge >= 0.3 is 0 Å². The normalized spacial score (nSPS) is 12.7. The van der Waals surface area contributed by atoms with E-state index in [4.69, 9.17) is 10.8 Å². The first kappa shape index (κ1) is 13.7. The molecule has 0 bridgehead atoms. The van der Waals surface area contributed by atoms with Crippen LogP contribution in [0, 0.1) is 0 Å². The standard InChI is InChI=1S/C15H14BrN3S/c16-12-8-10-4-1-2-6-13(10)18-15(12)14(19-17)9-11-5-3-7-20-11/h1-8,14,19H,9,17H2. The molecule has 0 aliphatic heterocycles. The van der Waals surface area contributed by atoms with Gasteiger partial charge in [-0.05, 0) is 39.5 Å². The second-order valence-electron chi connectivity index (χ2n) is 4.55. The van der Waals surface area contributed by atoms with E-state index >= 15 is 0 Å². The van der Waals surface area contributed by atoms with Crippen LogP contribution in [0.4, 0.5) is 0 Å². The molecule has 0 fully saturated rings. The summed E-state index contributed by atoms with van der Waals surface area (Å²) in [4.78, 5) is 6.03. The number of nitrogens with zero attached hydrogens (tertiary/aromatic N) is 1. The van der Waals surface area contributed by atoms with Crippen LogP contribution in [0.1, 0.15) is 16.6 Å². The van der Waals surface area contributed by atoms with Gasteiger partial charge in [-0.1, -0.05) is 24.3 Å². The average molecular weight is 348 g/mol. The number of pyridine rings is 1. The van der Waals surface area contributed by atoms with E-state index in [2.05, 4.69) is 51.0 Å². The van der Waals surface area contributed by atoms with Crippen LogP contribution in [-0.4, -0.2) is 4.98 Å². The summed E-state index contributed by atoms with van der Waals surface area (Å²) in [6.45, 7) is 0. The van der Waals surface area contributed by atoms with Crippen molar-refractivity contribution in [1.29, 1.82) is 0 Å². The van der Waals surface area contributed by atoms with Crippen LogP contribution in [0.5, 0.6) is 0 Å². The van der Waals surface area contributed by atoms with E-state index in [9.17, 15) is 0 Å². The number of nitrogens with one attached hydrogen (secondary N) is 1. The van der Waals surface area contributed by atoms with Crippen molar-refractivity contribution in [3.63, 3.8) is 0 Å². The SMILES string of the molecule is NNC(Cc1cccs1)c1nc2ccccc2cc1Br. The van der Waals surface area contributed by atoms with Crippen molar-refractivity contribution in [2.24, 2.45) is 5.84 Å². The minimum Gasteiger partial charge on any atom is -0.271 e. The first-order chi connectivity index (χ1) is 9.78. The molecule has 3 rings (SSSR count). The fraction of sp³-hybridized carbons (Fsp3) is 0.133. The van der Waals surface area contributed by atoms with Gasteiger partial charge in [0, 0.05) is 21.2 Å². The highest BCUT2D eigenvalue weighted by Crippen LogP contribution is 2.28. The molecule has 3 nitrogen and oxygen atoms in total. The predicted octanol–water partition coefficient (Wildman–Crippen LogP) is 3.81. The maximum atomic E-state index is 5.73. The first-order valence-electron chi connectivity index (χ1n) is 6.31. The van der Waals surface area contributed by atoms with E-state index < -0.39 is 0 Å². The number of thiophene rings is 1. The molecule has 1 aromatic carbocycles. The zero-order chi connectivity index (χ0) is 13.9. The molecule has 1 atom stereocenters. The summed E-state index contributed by atoms with van der Waals surface area (Å²) < 4.78 is 0.982. The van der Waals surface area contributed by atoms with E-state index in [1.807, 2.05) is 18.2 Å². The van der Waals surface area contributed by atoms with Gasteiger partial charge in [0.2, 0.25) is 0 Å². The van der Waals surface area contributed by atoms with Gasteiger partial charge in [-0.15, -0.1) is 11.3 Å². The Morgan fingerprint density at radius 1 is 1.25 bits per heavy atom. The van der Waals surface area contributed by atoms with Crippen LogP contribution < -0.4 is 11.3 Å². The van der Waals surface area contributed by atoms with E-state index in [0.29, 0.717) is 0 Å². The van der Waals surface area contributed by atoms with Crippen LogP contribution in [0.25, 0.3) is 10.9 Å². The molecule has 0 aliphatic carbocycles. The van der Waals surface area contributed by atoms with Gasteiger partial charge in [-0.2, -0.15) is 0 Å². The lowest BCUT2D eigenvalue weighted by molar-refractivity contribution is 0.541. The zero-order valence-corrected chi connectivity index (χ0v) is 13.1. The molecule has 3 aromatic rings. The quantitative estimate of drug-likeness (QED) is 0.557. The molecule has 0 aliphatic rings. The third-order valence-corrected chi connectivity index (χ3v) is 4.76. The van der Waals surface area contributed by atoms with Crippen molar-refractivity contribution in [2.75, 3.05) is 0 Å². The smallest absolute Gasteiger partial charge is 0.0739 e. The summed E-state index contributed by atoms with van der Waals surface area (Å²) >= 11 is 5.34. The van der Waals surface area contributed by atoms with Gasteiger partial charge in [0.25, 0.3) is 0 Å². The van der Waals surface area contributed by atoms with E-state index in [1.165, 1.54) is 4.88 Å². The van der Waals surface area contributed by atoms with Crippen molar-refractivity contribution >= 4 is 38.2 Å². The lowest BCUT2D eigenvalue weighted by Gasteiger charge is -2.17. The molecule has 3 N–H and O–H groups in total. The summed E-state index contributed by atoms with van der Waals surface area (Å²) in [7, 11) is 0. The van der Waals surface area contributed by atoms with Crippen molar-refractivity contribution in [3.8, 4) is 0 Å². The van der Waals surface area contributed by atoms with E-state index in [1.54, 1.807) is 11.3 Å². The minimum atomic E-state index is -0.00682. The third kappa shape index (κ3) is 2.76. The molecule has 20 heavy (non-hydrogen) atoms. The molecule has 0 saturated heterocycles. The number of para-hydroxylation sites is 1. The number of benzene rings is 1. The van der Waals surface area contributed by atoms with Gasteiger partial charge in [-0.3, -0.25) is 11.3 Å². The highest BCUT2D eigenvalue weighted by atomic mass is 79.9. The predicted molar refractivity (Wildman–Crippen MR) is 87.5 cm³/mol. The second-order valence-corrected chi connectivity index (χ2v) is 6.44. The van der Waals surface area contributed by atoms with Crippen LogP contribution in [-0.2, 0) is 6.42 Å². The second kappa shape index (κ2) is 6.01. The summed E-state index contributed by atoms with van der Waals surface area (Å²) in [6.07, 6.45) is 0.831. The molecule has 1 unspecified atom stereocenters. The van der Waals surface area contributed by atoms with Gasteiger partial charge in [-0.25, -0.2) is 4.98 Å². The lowest BCUT2D eigenvalue weighted by Crippen LogP contribution is -2.30. The highest BCUT2D eigenvalue weighted by Gasteiger charge is 2.16. The first-order valence-corrected chi connectivity index (χ1v) is 7.99. The Bertz CT molecular complexity index is 712. The number of hydrazine groups is 1. The summed E-state index contributed by atoms with van der Waals surface area (Å²) in [6, 6.07) is 14.3. The van der Waals surface area contributed by atoms with Crippen molar-refractivity contribution in [2.45, 2.75) is 12.5 Å². The largest absolute Gasteiger partial charge is 0.271 e. The molecule has 0 spiro atoms. The average Bonchev–Trinajstić information content (AvgIpc) is 2.97. The maximum Gasteiger partial charge on any atom is 0.0739 e. The lowest BCUT2D eigenvalue weighted by atomic mass is 10.1. The number of rotatable bonds is 4. The van der Waals surface area contributed by atoms with Crippen LogP contribution in [0.3, 0.4) is 0 Å². The molecular weight excluding hydrogens is 334 g/mol. The Morgan fingerprint density at radius 3 is 2.85 bits per heavy atom. The number of fused-ring (bicyclic) bond motifs is 1. The van der Waals surface area contributed by atoms with Crippen LogP contribution in [0.2, 0.25) is 0 Å². The Morgan fingerprint density at radius 2 is 2.10 bits per heavy atom. The number of hydrogen-bond donors (Lipinski definition) is 2. The minimum absolute atomic E-state index is 0.00682. The van der Waals surface area contributed by atoms with Crippen molar-refractivity contribution < 1.29 is 0 Å². The number of hydrogen-bond acceptors (Lipinski definition) is 4. The number of aromatic nitrogens is 1. The fourth-order valence-electron chi connectivity index (χ4n) is 2.21. The third-order valence-electron chi connectivity index (χ3n) is 3.22. The van der Waals surface area contributed by atoms with Gasteiger partial charge < -0.3 is 0 Å². The van der Waals surface area contributed by atoms with E-state index in [-0.39, 0.29) is 6.04 Å². The fourth-order valence-corrected chi connectivity index (χ4v) is 3.58. The van der Waals surface area contributed by atoms with Crippen LogP contribution in [0.15, 0.2) is 52.3 Å². The maximum absolute atomic E-state index is 5.73. The molecule has 2 heterocycles. The molecule has 2 aromatic heterocycles. The summed E-state index contributed by atoms with van der Waals surface area (Å²) in [5, 5.41) is 3.20. The van der Waals surface area contributed by atoms with Gasteiger partial charge in [0.15, 0.2) is 0 Å². The zero-order valence-electron chi connectivity index (χ0n) is 10.7. The molecule has 0 amide bonds. The molecule has 0 radical (unpaired) electrons. The Kier molecular flexibility index (Phi) is 4.12. The van der Waals surface area contributed by atoms with Gasteiger partial charge in [0.1, 0.15) is 0 Å². The van der Waals surface area contributed by atoms with Crippen LogP contribution >= 0.6 is 27.3 Å². The summed E-state index contributed by atoms with van der Waals surface area (Å²) in [5.74, 6) is 5.73. The summed E-state index contributed by atoms with van der Waals surface area (Å²) in [5.41, 5.74) is 4.80. The highest BCUT2D eigenvalue weighted by molar-refractivity contribution is 9.10. The Hall–Kier alpha value is -1.27. The molecular formula is C15H14BrN3S. The monoisotopic (exact) mass is 347 g/mol. The van der Waals surface area contributed by atoms with E-state index in [0.717, 1.165) is 27.5 Å². The molecule has 102 valence electrons. The molecule has 5 heteroatoms. The molecule has 0 saturated carbocycles. The topological polar surface area (TPSA) is 50.9 Å². The number of nitrogens with two attached hydrogens (primary N) is 1. The Balaban J connectivity index is 2.00. The Labute approximate surface area is 129 Å². The van der Waals surface area contributed by atoms with Crippen molar-refractivity contribution in [3.05, 3.63) is 62.9 Å². The van der Waals surface area contributed by atoms with Crippen molar-refractivity contribution in [1.82, 2.24) is 10.4 Å².